The van der Waals surface area contributed by atoms with Crippen molar-refractivity contribution in [2.24, 2.45) is 23.7 Å². The standard InChI is InChI=1S/C55H89N9O16S/c1-13-37(6)51(62(10)48(70)33-57-55(73)50(36(4)5)61(8)9)42(76-11)31-47(69)63-23-14-15-41(63)52(77-12)38(7)53(71)60-81(74,75)34-39-16-18-40(19-17-39)58-44(66)32-56-54(72)49(35(2)3)59-43(65)22-25-78-27-29-80-30-28-79-26-24-64-45(67)20-21-46(64)68/h16-21,35-38,41-42,49-52H,13-15,22-34H2,1-12H3,(H,56,72)(H,57,73)(H,58,66)(H,59,65)(H,60,71)/t37-,38+,41-,42+,49?,50?,51-,52+/m0/s1. The van der Waals surface area contributed by atoms with Crippen LogP contribution in [0.25, 0.3) is 0 Å². The van der Waals surface area contributed by atoms with Crippen molar-refractivity contribution >= 4 is 68.9 Å². The smallest absolute Gasteiger partial charge is 0.253 e. The molecule has 0 spiro atoms. The Balaban J connectivity index is 1.45. The normalized spacial score (nSPS) is 17.1. The Hall–Kier alpha value is -5.90. The van der Waals surface area contributed by atoms with Crippen LogP contribution in [0.2, 0.25) is 0 Å². The average Bonchev–Trinajstić information content (AvgIpc) is 4.08. The molecule has 25 nitrogen and oxygen atoms in total. The van der Waals surface area contributed by atoms with Crippen LogP contribution in [-0.4, -0.2) is 219 Å². The molecule has 1 aromatic carbocycles. The molecule has 2 aliphatic rings. The molecule has 8 atom stereocenters. The van der Waals surface area contributed by atoms with Crippen LogP contribution in [0.3, 0.4) is 0 Å². The van der Waals surface area contributed by atoms with Gasteiger partial charge in [0, 0.05) is 52.1 Å². The lowest BCUT2D eigenvalue weighted by Gasteiger charge is -2.39. The summed E-state index contributed by atoms with van der Waals surface area (Å²) in [5, 5.41) is 10.6. The minimum atomic E-state index is -4.25. The molecule has 456 valence electrons. The van der Waals surface area contributed by atoms with E-state index in [1.165, 1.54) is 62.5 Å². The number of carbonyl (C=O) groups excluding carboxylic acids is 9. The zero-order valence-corrected chi connectivity index (χ0v) is 50.1. The first-order chi connectivity index (χ1) is 38.3. The highest BCUT2D eigenvalue weighted by molar-refractivity contribution is 7.89. The van der Waals surface area contributed by atoms with E-state index < -0.39 is 88.2 Å². The largest absolute Gasteiger partial charge is 0.379 e. The summed E-state index contributed by atoms with van der Waals surface area (Å²) in [5.74, 6) is -6.07. The van der Waals surface area contributed by atoms with E-state index >= 15 is 0 Å². The molecule has 9 amide bonds. The van der Waals surface area contributed by atoms with Crippen molar-refractivity contribution in [1.29, 1.82) is 0 Å². The number of nitrogens with zero attached hydrogens (tertiary/aromatic N) is 4. The molecule has 0 saturated carbocycles. The number of hydrogen-bond acceptors (Lipinski definition) is 17. The Labute approximate surface area is 477 Å². The van der Waals surface area contributed by atoms with Crippen molar-refractivity contribution in [3.63, 3.8) is 0 Å². The molecule has 0 bridgehead atoms. The van der Waals surface area contributed by atoms with Crippen LogP contribution >= 0.6 is 0 Å². The predicted octanol–water partition coefficient (Wildman–Crippen LogP) is 0.816. The number of amides is 9. The molecule has 2 aliphatic heterocycles. The second-order valence-electron chi connectivity index (χ2n) is 21.2. The molecule has 3 rings (SSSR count). The van der Waals surface area contributed by atoms with Crippen LogP contribution in [0.15, 0.2) is 36.4 Å². The molecular weight excluding hydrogens is 1070 g/mol. The molecule has 0 aliphatic carbocycles. The molecule has 0 radical (unpaired) electrons. The van der Waals surface area contributed by atoms with Crippen LogP contribution in [0.5, 0.6) is 0 Å². The summed E-state index contributed by atoms with van der Waals surface area (Å²) in [4.78, 5) is 122. The van der Waals surface area contributed by atoms with Crippen molar-refractivity contribution in [3.8, 4) is 0 Å². The third-order valence-electron chi connectivity index (χ3n) is 14.3. The quantitative estimate of drug-likeness (QED) is 0.0455. The van der Waals surface area contributed by atoms with Gasteiger partial charge in [0.25, 0.3) is 11.8 Å². The number of methoxy groups -OCH3 is 2. The van der Waals surface area contributed by atoms with E-state index in [0.29, 0.717) is 37.1 Å². The highest BCUT2D eigenvalue weighted by Gasteiger charge is 2.43. The van der Waals surface area contributed by atoms with Crippen LogP contribution in [0, 0.1) is 23.7 Å². The van der Waals surface area contributed by atoms with Gasteiger partial charge >= 0.3 is 0 Å². The molecule has 2 unspecified atom stereocenters. The average molecular weight is 1160 g/mol. The lowest BCUT2D eigenvalue weighted by molar-refractivity contribution is -0.145. The number of imide groups is 1. The molecule has 5 N–H and O–H groups in total. The number of likely N-dealkylation sites (N-methyl/N-ethyl adjacent to an activating group) is 2. The number of rotatable bonds is 37. The molecule has 1 saturated heterocycles. The van der Waals surface area contributed by atoms with E-state index in [0.717, 1.165) is 4.90 Å². The fourth-order valence-corrected chi connectivity index (χ4v) is 11.0. The fourth-order valence-electron chi connectivity index (χ4n) is 9.81. The molecular formula is C55H89N9O16S. The number of hydrogen-bond donors (Lipinski definition) is 5. The van der Waals surface area contributed by atoms with Crippen molar-refractivity contribution in [3.05, 3.63) is 42.0 Å². The van der Waals surface area contributed by atoms with Gasteiger partial charge in [-0.25, -0.2) is 8.42 Å². The first-order valence-electron chi connectivity index (χ1n) is 27.6. The van der Waals surface area contributed by atoms with Gasteiger partial charge in [0.05, 0.1) is 108 Å². The summed E-state index contributed by atoms with van der Waals surface area (Å²) in [7, 11) is 3.87. The molecule has 1 aromatic rings. The highest BCUT2D eigenvalue weighted by Crippen LogP contribution is 2.29. The van der Waals surface area contributed by atoms with Gasteiger partial charge in [-0.15, -0.1) is 0 Å². The number of benzene rings is 1. The van der Waals surface area contributed by atoms with E-state index in [-0.39, 0.29) is 113 Å². The zero-order chi connectivity index (χ0) is 60.6. The number of sulfonamides is 1. The van der Waals surface area contributed by atoms with Gasteiger partial charge in [-0.3, -0.25) is 57.7 Å². The van der Waals surface area contributed by atoms with Crippen LogP contribution < -0.4 is 26.0 Å². The summed E-state index contributed by atoms with van der Waals surface area (Å²) in [6.45, 7) is 13.9. The summed E-state index contributed by atoms with van der Waals surface area (Å²) in [6.07, 6.45) is 2.44. The third kappa shape index (κ3) is 22.4. The maximum atomic E-state index is 14.2. The van der Waals surface area contributed by atoms with Gasteiger partial charge < -0.3 is 54.8 Å². The lowest BCUT2D eigenvalue weighted by atomic mass is 9.90. The zero-order valence-electron chi connectivity index (χ0n) is 49.3. The summed E-state index contributed by atoms with van der Waals surface area (Å²) in [6, 6.07) is 3.39. The van der Waals surface area contributed by atoms with Gasteiger partial charge in [-0.2, -0.15) is 0 Å². The van der Waals surface area contributed by atoms with E-state index in [2.05, 4.69) is 26.0 Å². The van der Waals surface area contributed by atoms with E-state index in [1.807, 2.05) is 27.7 Å². The SMILES string of the molecule is CC[C@H](C)[C@@H]([C@@H](CC(=O)N1CCC[C@H]1[C@H](OC)[C@@H](C)C(=O)NS(=O)(=O)Cc1ccc(NC(=O)CNC(=O)C(NC(=O)CCOCCOCCOCCN2C(=O)C=CC2=O)C(C)C)cc1)OC)N(C)C(=O)CNC(=O)C(C(C)C)N(C)C. The van der Waals surface area contributed by atoms with Crippen molar-refractivity contribution in [1.82, 2.24) is 40.3 Å². The minimum absolute atomic E-state index is 0.0119. The van der Waals surface area contributed by atoms with Crippen molar-refractivity contribution < 1.29 is 75.3 Å². The van der Waals surface area contributed by atoms with Crippen LogP contribution in [-0.2, 0) is 82.6 Å². The second kappa shape index (κ2) is 34.5. The first kappa shape index (κ1) is 69.4. The Kier molecular flexibility index (Phi) is 29.6. The fraction of sp³-hybridized carbons (Fsp3) is 0.691. The molecule has 81 heavy (non-hydrogen) atoms. The lowest BCUT2D eigenvalue weighted by Crippen LogP contribution is -2.55. The van der Waals surface area contributed by atoms with Crippen LogP contribution in [0.1, 0.15) is 86.1 Å². The monoisotopic (exact) mass is 1160 g/mol. The van der Waals surface area contributed by atoms with Gasteiger partial charge in [-0.05, 0) is 62.4 Å². The maximum absolute atomic E-state index is 14.2. The number of carbonyl (C=O) groups is 9. The van der Waals surface area contributed by atoms with Crippen molar-refractivity contribution in [2.75, 3.05) is 106 Å². The van der Waals surface area contributed by atoms with Gasteiger partial charge in [0.1, 0.15) is 6.04 Å². The maximum Gasteiger partial charge on any atom is 0.253 e. The topological polar surface area (TPSA) is 307 Å². The number of anilines is 1. The molecule has 0 aromatic heterocycles. The van der Waals surface area contributed by atoms with Crippen LogP contribution in [0.4, 0.5) is 5.69 Å². The Morgan fingerprint density at radius 2 is 1.33 bits per heavy atom. The molecule has 2 heterocycles. The predicted molar refractivity (Wildman–Crippen MR) is 300 cm³/mol. The first-order valence-corrected chi connectivity index (χ1v) is 29.2. The Bertz CT molecular complexity index is 2380. The summed E-state index contributed by atoms with van der Waals surface area (Å²) >= 11 is 0. The third-order valence-corrected chi connectivity index (χ3v) is 15.5. The van der Waals surface area contributed by atoms with Gasteiger partial charge in [0.2, 0.25) is 51.4 Å². The van der Waals surface area contributed by atoms with Gasteiger partial charge in [-0.1, -0.05) is 67.0 Å². The van der Waals surface area contributed by atoms with E-state index in [1.54, 1.807) is 44.8 Å². The molecule has 26 heteroatoms. The Morgan fingerprint density at radius 1 is 0.741 bits per heavy atom. The summed E-state index contributed by atoms with van der Waals surface area (Å²) < 4.78 is 56.9. The Morgan fingerprint density at radius 3 is 1.89 bits per heavy atom. The molecule has 1 fully saturated rings. The van der Waals surface area contributed by atoms with E-state index in [9.17, 15) is 51.6 Å². The minimum Gasteiger partial charge on any atom is -0.379 e. The number of ether oxygens (including phenoxy) is 5. The highest BCUT2D eigenvalue weighted by atomic mass is 32.2. The second-order valence-corrected chi connectivity index (χ2v) is 23.0. The summed E-state index contributed by atoms with van der Waals surface area (Å²) in [5.41, 5.74) is 0.602. The van der Waals surface area contributed by atoms with Gasteiger partial charge in [0.15, 0.2) is 0 Å². The number of likely N-dealkylation sites (tertiary alicyclic amines) is 1. The van der Waals surface area contributed by atoms with Crippen molar-refractivity contribution in [2.45, 2.75) is 123 Å². The van der Waals surface area contributed by atoms with E-state index in [4.69, 9.17) is 23.7 Å². The number of nitrogens with one attached hydrogen (secondary N) is 5.